The summed E-state index contributed by atoms with van der Waals surface area (Å²) in [6, 6.07) is 5.46. The second-order valence-electron chi connectivity index (χ2n) is 5.37. The van der Waals surface area contributed by atoms with Gasteiger partial charge in [-0.1, -0.05) is 12.1 Å². The maximum atomic E-state index is 12.9. The Kier molecular flexibility index (Phi) is 5.69. The number of halogens is 1. The van der Waals surface area contributed by atoms with Crippen LogP contribution in [0, 0.1) is 12.7 Å². The summed E-state index contributed by atoms with van der Waals surface area (Å²) in [5, 5.41) is 2.48. The number of hydrogen-bond acceptors (Lipinski definition) is 5. The van der Waals surface area contributed by atoms with E-state index >= 15 is 0 Å². The minimum Gasteiger partial charge on any atom is -0.462 e. The molecule has 0 spiro atoms. The summed E-state index contributed by atoms with van der Waals surface area (Å²) in [7, 11) is 0. The summed E-state index contributed by atoms with van der Waals surface area (Å²) in [4.78, 5) is 36.1. The van der Waals surface area contributed by atoms with Crippen LogP contribution in [0.4, 0.5) is 10.3 Å². The van der Waals surface area contributed by atoms with Crippen molar-refractivity contribution in [2.75, 3.05) is 11.9 Å². The number of ether oxygens (including phenoxy) is 1. The molecule has 2 aromatic rings. The van der Waals surface area contributed by atoms with E-state index in [1.165, 1.54) is 38.1 Å². The van der Waals surface area contributed by atoms with Gasteiger partial charge in [0.05, 0.1) is 18.6 Å². The normalized spacial score (nSPS) is 10.4. The fraction of sp³-hybridized carbons (Fsp3) is 0.278. The van der Waals surface area contributed by atoms with Crippen molar-refractivity contribution in [3.8, 4) is 0 Å². The first kappa shape index (κ1) is 18.4. The smallest absolute Gasteiger partial charge is 0.344 e. The summed E-state index contributed by atoms with van der Waals surface area (Å²) in [5.41, 5.74) is 0.571. The van der Waals surface area contributed by atoms with Crippen LogP contribution in [0.25, 0.3) is 0 Å². The minimum atomic E-state index is -0.748. The number of Topliss-reactive ketones (excluding diaryl/α,β-unsaturated/α-hetero) is 1. The molecule has 1 aromatic carbocycles. The van der Waals surface area contributed by atoms with Crippen LogP contribution in [0.5, 0.6) is 0 Å². The summed E-state index contributed by atoms with van der Waals surface area (Å²) < 4.78 is 23.2. The van der Waals surface area contributed by atoms with Crippen molar-refractivity contribution in [2.24, 2.45) is 0 Å². The average Bonchev–Trinajstić information content (AvgIpc) is 2.86. The maximum absolute atomic E-state index is 12.9. The SMILES string of the molecule is CCOC(=O)c1c(NC(=O)Cc2ccc(F)cc2)oc(C)c1C(C)=O. The molecule has 0 radical (unpaired) electrons. The molecule has 132 valence electrons. The van der Waals surface area contributed by atoms with Gasteiger partial charge in [0.25, 0.3) is 0 Å². The third kappa shape index (κ3) is 4.32. The van der Waals surface area contributed by atoms with Crippen LogP contribution >= 0.6 is 0 Å². The monoisotopic (exact) mass is 347 g/mol. The molecule has 0 bridgehead atoms. The van der Waals surface area contributed by atoms with Crippen LogP contribution in [-0.2, 0) is 16.0 Å². The lowest BCUT2D eigenvalue weighted by Crippen LogP contribution is -2.17. The summed E-state index contributed by atoms with van der Waals surface area (Å²) in [6.07, 6.45) is -0.0440. The molecule has 6 nitrogen and oxygen atoms in total. The predicted molar refractivity (Wildman–Crippen MR) is 88.1 cm³/mol. The first-order valence-corrected chi connectivity index (χ1v) is 7.69. The number of benzene rings is 1. The molecule has 25 heavy (non-hydrogen) atoms. The predicted octanol–water partition coefficient (Wildman–Crippen LogP) is 3.29. The number of ketones is 1. The van der Waals surface area contributed by atoms with Crippen molar-refractivity contribution in [3.63, 3.8) is 0 Å². The molecule has 0 saturated heterocycles. The van der Waals surface area contributed by atoms with Crippen LogP contribution in [0.15, 0.2) is 28.7 Å². The van der Waals surface area contributed by atoms with E-state index in [0.29, 0.717) is 5.56 Å². The van der Waals surface area contributed by atoms with Gasteiger partial charge >= 0.3 is 5.97 Å². The fourth-order valence-corrected chi connectivity index (χ4v) is 2.41. The van der Waals surface area contributed by atoms with Crippen molar-refractivity contribution in [3.05, 3.63) is 52.5 Å². The van der Waals surface area contributed by atoms with Gasteiger partial charge in [0.2, 0.25) is 11.8 Å². The highest BCUT2D eigenvalue weighted by Crippen LogP contribution is 2.28. The molecule has 1 heterocycles. The molecule has 0 atom stereocenters. The van der Waals surface area contributed by atoms with Gasteiger partial charge in [0.15, 0.2) is 5.78 Å². The second-order valence-corrected chi connectivity index (χ2v) is 5.37. The molecule has 0 unspecified atom stereocenters. The molecular formula is C18H18FNO5. The highest BCUT2D eigenvalue weighted by Gasteiger charge is 2.28. The van der Waals surface area contributed by atoms with Crippen molar-refractivity contribution < 1.29 is 27.9 Å². The Bertz CT molecular complexity index is 808. The maximum Gasteiger partial charge on any atom is 0.344 e. The van der Waals surface area contributed by atoms with E-state index in [1.54, 1.807) is 6.92 Å². The molecule has 0 saturated carbocycles. The number of rotatable bonds is 6. The number of nitrogens with one attached hydrogen (secondary N) is 1. The van der Waals surface area contributed by atoms with Gasteiger partial charge in [-0.05, 0) is 38.5 Å². The molecule has 1 amide bonds. The Morgan fingerprint density at radius 3 is 2.36 bits per heavy atom. The van der Waals surface area contributed by atoms with Crippen molar-refractivity contribution in [1.29, 1.82) is 0 Å². The molecular weight excluding hydrogens is 329 g/mol. The quantitative estimate of drug-likeness (QED) is 0.640. The molecule has 0 aliphatic rings. The topological polar surface area (TPSA) is 85.6 Å². The zero-order valence-electron chi connectivity index (χ0n) is 14.1. The average molecular weight is 347 g/mol. The fourth-order valence-electron chi connectivity index (χ4n) is 2.41. The van der Waals surface area contributed by atoms with Gasteiger partial charge in [-0.3, -0.25) is 14.9 Å². The number of carbonyl (C=O) groups is 3. The number of hydrogen-bond donors (Lipinski definition) is 1. The number of furan rings is 1. The zero-order valence-corrected chi connectivity index (χ0v) is 14.1. The van der Waals surface area contributed by atoms with Gasteiger partial charge in [-0.2, -0.15) is 0 Å². The highest BCUT2D eigenvalue weighted by molar-refractivity contribution is 6.10. The largest absolute Gasteiger partial charge is 0.462 e. The summed E-state index contributed by atoms with van der Waals surface area (Å²) >= 11 is 0. The van der Waals surface area contributed by atoms with E-state index in [2.05, 4.69) is 5.32 Å². The molecule has 2 rings (SSSR count). The van der Waals surface area contributed by atoms with E-state index in [1.807, 2.05) is 0 Å². The standard InChI is InChI=1S/C18H18FNO5/c1-4-24-18(23)16-15(10(2)21)11(3)25-17(16)20-14(22)9-12-5-7-13(19)8-6-12/h5-8H,4,9H2,1-3H3,(H,20,22). The lowest BCUT2D eigenvalue weighted by molar-refractivity contribution is -0.115. The van der Waals surface area contributed by atoms with Gasteiger partial charge < -0.3 is 9.15 Å². The Morgan fingerprint density at radius 1 is 1.16 bits per heavy atom. The summed E-state index contributed by atoms with van der Waals surface area (Å²) in [5.74, 6) is -1.91. The number of anilines is 1. The van der Waals surface area contributed by atoms with Crippen LogP contribution in [0.2, 0.25) is 0 Å². The Balaban J connectivity index is 2.27. The molecule has 0 aliphatic carbocycles. The van der Waals surface area contributed by atoms with Crippen molar-refractivity contribution in [2.45, 2.75) is 27.2 Å². The number of aryl methyl sites for hydroxylation is 1. The van der Waals surface area contributed by atoms with Crippen LogP contribution in [0.3, 0.4) is 0 Å². The van der Waals surface area contributed by atoms with Crippen LogP contribution in [-0.4, -0.2) is 24.3 Å². The molecule has 0 aliphatic heterocycles. The van der Waals surface area contributed by atoms with E-state index in [-0.39, 0.29) is 41.6 Å². The lowest BCUT2D eigenvalue weighted by Gasteiger charge is -2.06. The zero-order chi connectivity index (χ0) is 18.6. The minimum absolute atomic E-state index is 0.0440. The lowest BCUT2D eigenvalue weighted by atomic mass is 10.1. The van der Waals surface area contributed by atoms with Gasteiger partial charge in [0.1, 0.15) is 17.1 Å². The first-order chi connectivity index (χ1) is 11.8. The van der Waals surface area contributed by atoms with E-state index < -0.39 is 17.7 Å². The van der Waals surface area contributed by atoms with Crippen LogP contribution in [0.1, 0.15) is 45.9 Å². The van der Waals surface area contributed by atoms with Gasteiger partial charge in [-0.15, -0.1) is 0 Å². The third-order valence-corrected chi connectivity index (χ3v) is 3.45. The molecule has 1 N–H and O–H groups in total. The molecule has 1 aromatic heterocycles. The third-order valence-electron chi connectivity index (χ3n) is 3.45. The molecule has 0 fully saturated rings. The van der Waals surface area contributed by atoms with Gasteiger partial charge in [-0.25, -0.2) is 9.18 Å². The number of esters is 1. The van der Waals surface area contributed by atoms with Gasteiger partial charge in [0, 0.05) is 0 Å². The van der Waals surface area contributed by atoms with E-state index in [4.69, 9.17) is 9.15 Å². The number of carbonyl (C=O) groups excluding carboxylic acids is 3. The van der Waals surface area contributed by atoms with Crippen molar-refractivity contribution in [1.82, 2.24) is 0 Å². The number of amides is 1. The van der Waals surface area contributed by atoms with E-state index in [0.717, 1.165) is 0 Å². The summed E-state index contributed by atoms with van der Waals surface area (Å²) in [6.45, 7) is 4.56. The Labute approximate surface area is 144 Å². The second kappa shape index (κ2) is 7.74. The highest BCUT2D eigenvalue weighted by atomic mass is 19.1. The Hall–Kier alpha value is -2.96. The Morgan fingerprint density at radius 2 is 1.80 bits per heavy atom. The van der Waals surface area contributed by atoms with Crippen molar-refractivity contribution >= 4 is 23.5 Å². The first-order valence-electron chi connectivity index (χ1n) is 7.69. The van der Waals surface area contributed by atoms with Crippen LogP contribution < -0.4 is 5.32 Å². The molecule has 7 heteroatoms. The van der Waals surface area contributed by atoms with E-state index in [9.17, 15) is 18.8 Å².